The molecule has 1 atom stereocenters. The molecule has 0 amide bonds. The maximum absolute atomic E-state index is 10.0. The van der Waals surface area contributed by atoms with E-state index in [0.29, 0.717) is 5.75 Å². The van der Waals surface area contributed by atoms with E-state index in [9.17, 15) is 5.11 Å². The van der Waals surface area contributed by atoms with Crippen molar-refractivity contribution in [1.82, 2.24) is 10.2 Å². The minimum absolute atomic E-state index is 0.267. The van der Waals surface area contributed by atoms with Crippen LogP contribution in [0.5, 0.6) is 5.75 Å². The van der Waals surface area contributed by atoms with Gasteiger partial charge in [0.15, 0.2) is 4.34 Å². The molecular weight excluding hydrogens is 316 g/mol. The van der Waals surface area contributed by atoms with E-state index in [1.165, 1.54) is 28.5 Å². The molecular formula is C16H16N2O2S2. The molecule has 1 heterocycles. The number of hydrogen-bond acceptors (Lipinski definition) is 6. The molecule has 0 saturated heterocycles. The zero-order valence-corrected chi connectivity index (χ0v) is 13.7. The number of benzene rings is 2. The molecule has 22 heavy (non-hydrogen) atoms. The quantitative estimate of drug-likeness (QED) is 0.700. The Bertz CT molecular complexity index is 760. The molecule has 3 rings (SSSR count). The van der Waals surface area contributed by atoms with E-state index < -0.39 is 6.10 Å². The molecule has 1 N–H and O–H groups in total. The predicted octanol–water partition coefficient (Wildman–Crippen LogP) is 3.53. The summed E-state index contributed by atoms with van der Waals surface area (Å²) in [7, 11) is 0. The van der Waals surface area contributed by atoms with Crippen molar-refractivity contribution < 1.29 is 9.84 Å². The number of ether oxygens (including phenoxy) is 1. The lowest BCUT2D eigenvalue weighted by Crippen LogP contribution is -2.20. The summed E-state index contributed by atoms with van der Waals surface area (Å²) < 4.78 is 6.55. The van der Waals surface area contributed by atoms with Crippen LogP contribution in [0.2, 0.25) is 0 Å². The van der Waals surface area contributed by atoms with Gasteiger partial charge < -0.3 is 9.84 Å². The van der Waals surface area contributed by atoms with Crippen molar-refractivity contribution >= 4 is 33.9 Å². The minimum Gasteiger partial charge on any atom is -0.491 e. The maximum atomic E-state index is 10.0. The van der Waals surface area contributed by atoms with E-state index in [4.69, 9.17) is 4.74 Å². The third-order valence-electron chi connectivity index (χ3n) is 3.07. The molecule has 114 valence electrons. The topological polar surface area (TPSA) is 55.2 Å². The van der Waals surface area contributed by atoms with Crippen LogP contribution in [-0.2, 0) is 0 Å². The zero-order valence-electron chi connectivity index (χ0n) is 12.1. The summed E-state index contributed by atoms with van der Waals surface area (Å²) in [6.07, 6.45) is -0.541. The fraction of sp³-hybridized carbons (Fsp3) is 0.250. The number of nitrogens with zero attached hydrogens (tertiary/aromatic N) is 2. The van der Waals surface area contributed by atoms with Gasteiger partial charge in [0.25, 0.3) is 0 Å². The Morgan fingerprint density at radius 2 is 2.00 bits per heavy atom. The standard InChI is InChI=1S/C16H16N2O2S2/c1-11-17-18-16(22-11)21-10-14(19)9-20-15-7-6-12-4-2-3-5-13(12)8-15/h2-8,14,19H,9-10H2,1H3/t14-/m0/s1. The molecule has 0 radical (unpaired) electrons. The van der Waals surface area contributed by atoms with Crippen LogP contribution in [-0.4, -0.2) is 33.8 Å². The highest BCUT2D eigenvalue weighted by atomic mass is 32.2. The van der Waals surface area contributed by atoms with Gasteiger partial charge in [-0.15, -0.1) is 10.2 Å². The molecule has 0 aliphatic carbocycles. The van der Waals surface area contributed by atoms with Crippen LogP contribution in [0.15, 0.2) is 46.8 Å². The van der Waals surface area contributed by atoms with Gasteiger partial charge in [-0.3, -0.25) is 0 Å². The van der Waals surface area contributed by atoms with Gasteiger partial charge in [-0.05, 0) is 29.8 Å². The lowest BCUT2D eigenvalue weighted by atomic mass is 10.1. The van der Waals surface area contributed by atoms with Crippen molar-refractivity contribution in [2.45, 2.75) is 17.4 Å². The first-order chi connectivity index (χ1) is 10.7. The van der Waals surface area contributed by atoms with Gasteiger partial charge in [0.1, 0.15) is 17.4 Å². The third-order valence-corrected chi connectivity index (χ3v) is 5.19. The number of fused-ring (bicyclic) bond motifs is 1. The third kappa shape index (κ3) is 3.97. The normalized spacial score (nSPS) is 12.5. The molecule has 4 nitrogen and oxygen atoms in total. The fourth-order valence-corrected chi connectivity index (χ4v) is 3.75. The Hall–Kier alpha value is -1.63. The number of aliphatic hydroxyl groups is 1. The number of aryl methyl sites for hydroxylation is 1. The number of hydrogen-bond donors (Lipinski definition) is 1. The van der Waals surface area contributed by atoms with Gasteiger partial charge in [0.2, 0.25) is 0 Å². The van der Waals surface area contributed by atoms with Crippen molar-refractivity contribution in [3.05, 3.63) is 47.5 Å². The Balaban J connectivity index is 1.52. The highest BCUT2D eigenvalue weighted by Crippen LogP contribution is 2.23. The number of aromatic nitrogens is 2. The van der Waals surface area contributed by atoms with Crippen molar-refractivity contribution in [2.75, 3.05) is 12.4 Å². The van der Waals surface area contributed by atoms with E-state index in [0.717, 1.165) is 20.5 Å². The van der Waals surface area contributed by atoms with Gasteiger partial charge in [-0.2, -0.15) is 0 Å². The van der Waals surface area contributed by atoms with Crippen molar-refractivity contribution in [3.8, 4) is 5.75 Å². The molecule has 0 bridgehead atoms. The van der Waals surface area contributed by atoms with Crippen LogP contribution in [0.25, 0.3) is 10.8 Å². The van der Waals surface area contributed by atoms with E-state index >= 15 is 0 Å². The molecule has 0 saturated carbocycles. The van der Waals surface area contributed by atoms with E-state index in [1.54, 1.807) is 0 Å². The van der Waals surface area contributed by atoms with Crippen LogP contribution in [0.3, 0.4) is 0 Å². The van der Waals surface area contributed by atoms with Crippen molar-refractivity contribution in [3.63, 3.8) is 0 Å². The number of rotatable bonds is 6. The molecule has 0 aliphatic heterocycles. The maximum Gasteiger partial charge on any atom is 0.174 e. The van der Waals surface area contributed by atoms with Gasteiger partial charge in [-0.1, -0.05) is 53.4 Å². The Kier molecular flexibility index (Phi) is 4.92. The summed E-state index contributed by atoms with van der Waals surface area (Å²) in [5, 5.41) is 21.2. The van der Waals surface area contributed by atoms with E-state index in [-0.39, 0.29) is 6.61 Å². The van der Waals surface area contributed by atoms with E-state index in [2.05, 4.69) is 16.3 Å². The van der Waals surface area contributed by atoms with Gasteiger partial charge in [-0.25, -0.2) is 0 Å². The second-order valence-electron chi connectivity index (χ2n) is 4.87. The second kappa shape index (κ2) is 7.09. The van der Waals surface area contributed by atoms with Crippen LogP contribution < -0.4 is 4.74 Å². The van der Waals surface area contributed by atoms with Crippen LogP contribution in [0.4, 0.5) is 0 Å². The molecule has 3 aromatic rings. The Morgan fingerprint density at radius 3 is 2.77 bits per heavy atom. The summed E-state index contributed by atoms with van der Waals surface area (Å²) in [5.74, 6) is 1.32. The Labute approximate surface area is 137 Å². The summed E-state index contributed by atoms with van der Waals surface area (Å²) in [6.45, 7) is 2.18. The number of aliphatic hydroxyl groups excluding tert-OH is 1. The average molecular weight is 332 g/mol. The summed E-state index contributed by atoms with van der Waals surface area (Å²) in [6, 6.07) is 14.1. The monoisotopic (exact) mass is 332 g/mol. The largest absolute Gasteiger partial charge is 0.491 e. The highest BCUT2D eigenvalue weighted by molar-refractivity contribution is 8.01. The first kappa shape index (κ1) is 15.3. The summed E-state index contributed by atoms with van der Waals surface area (Å²) >= 11 is 3.04. The Morgan fingerprint density at radius 1 is 1.18 bits per heavy atom. The lowest BCUT2D eigenvalue weighted by Gasteiger charge is -2.11. The van der Waals surface area contributed by atoms with Gasteiger partial charge in [0, 0.05) is 5.75 Å². The lowest BCUT2D eigenvalue weighted by molar-refractivity contribution is 0.126. The molecule has 1 aromatic heterocycles. The van der Waals surface area contributed by atoms with Crippen molar-refractivity contribution in [1.29, 1.82) is 0 Å². The van der Waals surface area contributed by atoms with Gasteiger partial charge in [0.05, 0.1) is 6.10 Å². The second-order valence-corrected chi connectivity index (χ2v) is 7.32. The molecule has 0 unspecified atom stereocenters. The SMILES string of the molecule is Cc1nnc(SC[C@@H](O)COc2ccc3ccccc3c2)s1. The van der Waals surface area contributed by atoms with Crippen LogP contribution >= 0.6 is 23.1 Å². The average Bonchev–Trinajstić information content (AvgIpc) is 2.96. The van der Waals surface area contributed by atoms with Crippen LogP contribution in [0, 0.1) is 6.92 Å². The highest BCUT2D eigenvalue weighted by Gasteiger charge is 2.09. The number of thioether (sulfide) groups is 1. The molecule has 2 aromatic carbocycles. The molecule has 6 heteroatoms. The first-order valence-electron chi connectivity index (χ1n) is 6.93. The van der Waals surface area contributed by atoms with Gasteiger partial charge >= 0.3 is 0 Å². The summed E-state index contributed by atoms with van der Waals surface area (Å²) in [5.41, 5.74) is 0. The first-order valence-corrected chi connectivity index (χ1v) is 8.73. The molecule has 0 aliphatic rings. The van der Waals surface area contributed by atoms with E-state index in [1.807, 2.05) is 43.3 Å². The molecule has 0 fully saturated rings. The smallest absolute Gasteiger partial charge is 0.174 e. The molecule has 0 spiro atoms. The summed E-state index contributed by atoms with van der Waals surface area (Å²) in [4.78, 5) is 0. The predicted molar refractivity (Wildman–Crippen MR) is 90.8 cm³/mol. The fourth-order valence-electron chi connectivity index (χ4n) is 2.00. The zero-order chi connectivity index (χ0) is 15.4. The van der Waals surface area contributed by atoms with Crippen LogP contribution in [0.1, 0.15) is 5.01 Å². The van der Waals surface area contributed by atoms with Crippen molar-refractivity contribution in [2.24, 2.45) is 0 Å². The minimum atomic E-state index is -0.541.